The van der Waals surface area contributed by atoms with Crippen LogP contribution in [0.3, 0.4) is 0 Å². The van der Waals surface area contributed by atoms with E-state index in [1.54, 1.807) is 10.9 Å². The van der Waals surface area contributed by atoms with Gasteiger partial charge in [-0.3, -0.25) is 24.1 Å². The van der Waals surface area contributed by atoms with Gasteiger partial charge >= 0.3 is 5.97 Å². The van der Waals surface area contributed by atoms with Gasteiger partial charge in [-0.25, -0.2) is 0 Å². The molecular formula is C19H27N3O4. The fourth-order valence-corrected chi connectivity index (χ4v) is 3.94. The van der Waals surface area contributed by atoms with Gasteiger partial charge in [-0.05, 0) is 31.1 Å². The maximum Gasteiger partial charge on any atom is 0.305 e. The lowest BCUT2D eigenvalue weighted by Gasteiger charge is -2.51. The molecular weight excluding hydrogens is 334 g/mol. The topological polar surface area (TPSA) is 71.8 Å². The quantitative estimate of drug-likeness (QED) is 0.760. The lowest BCUT2D eigenvalue weighted by molar-refractivity contribution is -0.140. The number of hydrogen-bond acceptors (Lipinski definition) is 5. The largest absolute Gasteiger partial charge is 0.469 e. The van der Waals surface area contributed by atoms with E-state index in [9.17, 15) is 14.4 Å². The van der Waals surface area contributed by atoms with Gasteiger partial charge in [0.2, 0.25) is 0 Å². The van der Waals surface area contributed by atoms with Gasteiger partial charge in [0.15, 0.2) is 5.43 Å². The zero-order valence-electron chi connectivity index (χ0n) is 15.9. The second-order valence-electron chi connectivity index (χ2n) is 7.95. The van der Waals surface area contributed by atoms with Crippen molar-refractivity contribution in [1.29, 1.82) is 0 Å². The van der Waals surface area contributed by atoms with Crippen molar-refractivity contribution in [2.24, 2.45) is 5.41 Å². The summed E-state index contributed by atoms with van der Waals surface area (Å²) in [6.45, 7) is 5.13. The van der Waals surface area contributed by atoms with E-state index in [4.69, 9.17) is 0 Å². The Morgan fingerprint density at radius 1 is 1.35 bits per heavy atom. The third-order valence-electron chi connectivity index (χ3n) is 5.57. The summed E-state index contributed by atoms with van der Waals surface area (Å²) in [5.41, 5.74) is 0.936. The zero-order valence-corrected chi connectivity index (χ0v) is 15.9. The number of esters is 1. The summed E-state index contributed by atoms with van der Waals surface area (Å²) >= 11 is 0. The number of hydrogen-bond donors (Lipinski definition) is 0. The molecule has 0 aliphatic carbocycles. The molecule has 26 heavy (non-hydrogen) atoms. The highest BCUT2D eigenvalue weighted by Crippen LogP contribution is 2.37. The first-order valence-corrected chi connectivity index (χ1v) is 9.10. The van der Waals surface area contributed by atoms with Crippen LogP contribution >= 0.6 is 0 Å². The summed E-state index contributed by atoms with van der Waals surface area (Å²) in [5.74, 6) is -0.397. The average Bonchev–Trinajstić information content (AvgIpc) is 2.59. The van der Waals surface area contributed by atoms with E-state index >= 15 is 0 Å². The molecule has 3 heterocycles. The van der Waals surface area contributed by atoms with Gasteiger partial charge in [-0.2, -0.15) is 0 Å². The van der Waals surface area contributed by atoms with Gasteiger partial charge < -0.3 is 9.64 Å². The van der Waals surface area contributed by atoms with E-state index in [1.807, 2.05) is 17.0 Å². The Hall–Kier alpha value is -2.31. The molecule has 1 saturated heterocycles. The van der Waals surface area contributed by atoms with E-state index in [1.165, 1.54) is 13.2 Å². The summed E-state index contributed by atoms with van der Waals surface area (Å²) in [5, 5.41) is 2.04. The van der Waals surface area contributed by atoms with Crippen molar-refractivity contribution in [2.45, 2.75) is 52.1 Å². The third kappa shape index (κ3) is 3.22. The fourth-order valence-electron chi connectivity index (χ4n) is 3.94. The van der Waals surface area contributed by atoms with Crippen LogP contribution in [-0.2, 0) is 16.0 Å². The smallest absolute Gasteiger partial charge is 0.305 e. The minimum atomic E-state index is -0.309. The van der Waals surface area contributed by atoms with Crippen LogP contribution in [0, 0.1) is 5.41 Å². The maximum absolute atomic E-state index is 13.2. The Labute approximate surface area is 153 Å². The number of fused-ring (bicyclic) bond motifs is 2. The van der Waals surface area contributed by atoms with Crippen LogP contribution in [0.15, 0.2) is 17.1 Å². The van der Waals surface area contributed by atoms with Crippen molar-refractivity contribution in [1.82, 2.24) is 9.58 Å². The average molecular weight is 361 g/mol. The second kappa shape index (κ2) is 6.78. The number of rotatable bonds is 4. The molecule has 2 aliphatic rings. The van der Waals surface area contributed by atoms with E-state index in [2.05, 4.69) is 18.6 Å². The Balaban J connectivity index is 1.95. The lowest BCUT2D eigenvalue weighted by Crippen LogP contribution is -2.63. The van der Waals surface area contributed by atoms with Crippen LogP contribution in [0.25, 0.3) is 0 Å². The highest BCUT2D eigenvalue weighted by Gasteiger charge is 2.43. The monoisotopic (exact) mass is 361 g/mol. The first-order valence-electron chi connectivity index (χ1n) is 9.10. The van der Waals surface area contributed by atoms with Gasteiger partial charge in [-0.15, -0.1) is 0 Å². The molecule has 7 heteroatoms. The number of carbonyl (C=O) groups is 2. The highest BCUT2D eigenvalue weighted by atomic mass is 16.5. The van der Waals surface area contributed by atoms with Crippen molar-refractivity contribution in [3.05, 3.63) is 33.7 Å². The summed E-state index contributed by atoms with van der Waals surface area (Å²) < 4.78 is 6.46. The van der Waals surface area contributed by atoms with Crippen molar-refractivity contribution in [3.63, 3.8) is 0 Å². The molecule has 3 rings (SSSR count). The highest BCUT2D eigenvalue weighted by molar-refractivity contribution is 5.95. The minimum Gasteiger partial charge on any atom is -0.469 e. The van der Waals surface area contributed by atoms with Crippen LogP contribution in [-0.4, -0.2) is 48.3 Å². The molecule has 0 radical (unpaired) electrons. The lowest BCUT2D eigenvalue weighted by atomic mass is 9.80. The van der Waals surface area contributed by atoms with E-state index in [0.29, 0.717) is 30.6 Å². The molecule has 0 spiro atoms. The van der Waals surface area contributed by atoms with Gasteiger partial charge in [0.05, 0.1) is 7.11 Å². The van der Waals surface area contributed by atoms with Gasteiger partial charge in [-0.1, -0.05) is 13.8 Å². The molecule has 1 aromatic heterocycles. The number of methoxy groups -OCH3 is 1. The van der Waals surface area contributed by atoms with Crippen molar-refractivity contribution in [3.8, 4) is 0 Å². The number of ether oxygens (including phenoxy) is 1. The van der Waals surface area contributed by atoms with E-state index in [0.717, 1.165) is 12.8 Å². The second-order valence-corrected chi connectivity index (χ2v) is 7.95. The summed E-state index contributed by atoms with van der Waals surface area (Å²) in [6, 6.07) is 1.50. The predicted octanol–water partition coefficient (Wildman–Crippen LogP) is 1.51. The van der Waals surface area contributed by atoms with Crippen molar-refractivity contribution >= 4 is 11.9 Å². The molecule has 0 bridgehead atoms. The van der Waals surface area contributed by atoms with Crippen LogP contribution in [0.2, 0.25) is 0 Å². The summed E-state index contributed by atoms with van der Waals surface area (Å²) in [7, 11) is 3.30. The zero-order chi connectivity index (χ0) is 19.1. The number of amides is 1. The molecule has 2 aliphatic heterocycles. The van der Waals surface area contributed by atoms with Crippen LogP contribution < -0.4 is 10.4 Å². The van der Waals surface area contributed by atoms with Crippen molar-refractivity contribution < 1.29 is 14.3 Å². The third-order valence-corrected chi connectivity index (χ3v) is 5.57. The molecule has 0 aromatic carbocycles. The van der Waals surface area contributed by atoms with Crippen LogP contribution in [0.4, 0.5) is 0 Å². The molecule has 0 saturated carbocycles. The molecule has 0 N–H and O–H groups in total. The van der Waals surface area contributed by atoms with Crippen LogP contribution in [0.5, 0.6) is 0 Å². The molecule has 7 nitrogen and oxygen atoms in total. The molecule has 1 atom stereocenters. The summed E-state index contributed by atoms with van der Waals surface area (Å²) in [4.78, 5) is 38.8. The molecule has 142 valence electrons. The summed E-state index contributed by atoms with van der Waals surface area (Å²) in [6.07, 6.45) is 4.59. The normalized spacial score (nSPS) is 21.2. The minimum absolute atomic E-state index is 0.0100. The standard InChI is InChI=1S/C19H27N3O4/c1-19(2)9-11-21-15(12-19)20(3)22-10-8-14(23)13(17(22)18(21)25)6-5-7-16(24)26-4/h8,10,15H,5-7,9,11-12H2,1-4H3/t15-/m0/s1. The van der Waals surface area contributed by atoms with Gasteiger partial charge in [0.25, 0.3) is 5.91 Å². The molecule has 1 fully saturated rings. The SMILES string of the molecule is COC(=O)CCCc1c2n(ccc1=O)N(C)[C@@H]1CC(C)(C)CCN1C2=O. The molecule has 0 unspecified atom stereocenters. The van der Waals surface area contributed by atoms with Gasteiger partial charge in [0, 0.05) is 37.8 Å². The van der Waals surface area contributed by atoms with Gasteiger partial charge in [0.1, 0.15) is 11.9 Å². The Morgan fingerprint density at radius 3 is 2.77 bits per heavy atom. The Morgan fingerprint density at radius 2 is 2.08 bits per heavy atom. The molecule has 1 amide bonds. The predicted molar refractivity (Wildman–Crippen MR) is 97.6 cm³/mol. The number of carbonyl (C=O) groups excluding carboxylic acids is 2. The fraction of sp³-hybridized carbons (Fsp3) is 0.632. The van der Waals surface area contributed by atoms with Crippen molar-refractivity contribution in [2.75, 3.05) is 25.7 Å². The Bertz CT molecular complexity index is 783. The van der Waals surface area contributed by atoms with Crippen LogP contribution in [0.1, 0.15) is 55.6 Å². The number of nitrogens with zero attached hydrogens (tertiary/aromatic N) is 3. The van der Waals surface area contributed by atoms with E-state index < -0.39 is 0 Å². The first-order chi connectivity index (χ1) is 12.2. The Kier molecular flexibility index (Phi) is 4.82. The number of pyridine rings is 1. The first kappa shape index (κ1) is 18.5. The number of aromatic nitrogens is 1. The molecule has 1 aromatic rings. The number of piperidine rings is 1. The van der Waals surface area contributed by atoms with E-state index in [-0.39, 0.29) is 35.3 Å². The maximum atomic E-state index is 13.2.